The Morgan fingerprint density at radius 2 is 1.21 bits per heavy atom. The lowest BCUT2D eigenvalue weighted by Crippen LogP contribution is -2.25. The average Bonchev–Trinajstić information content (AvgIpc) is 3.34. The van der Waals surface area contributed by atoms with E-state index >= 15 is 0 Å². The SMILES string of the molecule is CCCCCCC1(CCCCCCc2ccc3c(c2)CC3)c2cc(C)ccc2-c2ccc(-c3ccc(-c4ccc(C)cn4)nc3)cc21. The van der Waals surface area contributed by atoms with Crippen LogP contribution in [-0.2, 0) is 24.7 Å². The van der Waals surface area contributed by atoms with Gasteiger partial charge in [0.15, 0.2) is 0 Å². The molecule has 1 unspecified atom stereocenters. The zero-order valence-electron chi connectivity index (χ0n) is 28.7. The summed E-state index contributed by atoms with van der Waals surface area (Å²) in [4.78, 5) is 9.45. The van der Waals surface area contributed by atoms with E-state index in [0.717, 1.165) is 17.0 Å². The second-order valence-corrected chi connectivity index (χ2v) is 14.4. The Bertz CT molecular complexity index is 1830. The summed E-state index contributed by atoms with van der Waals surface area (Å²) in [6.45, 7) is 6.66. The van der Waals surface area contributed by atoms with Crippen LogP contribution >= 0.6 is 0 Å². The van der Waals surface area contributed by atoms with Gasteiger partial charge in [0.1, 0.15) is 0 Å². The van der Waals surface area contributed by atoms with E-state index in [1.54, 1.807) is 22.3 Å². The third-order valence-corrected chi connectivity index (χ3v) is 11.0. The van der Waals surface area contributed by atoms with Crippen LogP contribution < -0.4 is 0 Å². The van der Waals surface area contributed by atoms with Crippen LogP contribution in [0.4, 0.5) is 0 Å². The Labute approximate surface area is 282 Å². The molecule has 0 aliphatic heterocycles. The second kappa shape index (κ2) is 14.0. The lowest BCUT2D eigenvalue weighted by Gasteiger charge is -2.33. The highest BCUT2D eigenvalue weighted by atomic mass is 14.8. The first-order valence-corrected chi connectivity index (χ1v) is 18.3. The molecule has 0 saturated carbocycles. The van der Waals surface area contributed by atoms with Crippen molar-refractivity contribution < 1.29 is 0 Å². The fourth-order valence-corrected chi connectivity index (χ4v) is 8.15. The van der Waals surface area contributed by atoms with Gasteiger partial charge in [0.05, 0.1) is 11.4 Å². The van der Waals surface area contributed by atoms with Gasteiger partial charge >= 0.3 is 0 Å². The number of aromatic nitrogens is 2. The molecule has 2 heteroatoms. The molecule has 0 N–H and O–H groups in total. The normalized spacial score (nSPS) is 16.0. The van der Waals surface area contributed by atoms with Crippen LogP contribution in [0.3, 0.4) is 0 Å². The number of fused-ring (bicyclic) bond motifs is 4. The maximum atomic E-state index is 4.86. The van der Waals surface area contributed by atoms with Gasteiger partial charge in [-0.25, -0.2) is 0 Å². The van der Waals surface area contributed by atoms with E-state index in [4.69, 9.17) is 4.98 Å². The molecule has 3 aromatic carbocycles. The summed E-state index contributed by atoms with van der Waals surface area (Å²) in [5.74, 6) is 0. The predicted molar refractivity (Wildman–Crippen MR) is 198 cm³/mol. The number of nitrogens with zero attached hydrogens (tertiary/aromatic N) is 2. The molecule has 2 aromatic heterocycles. The lowest BCUT2D eigenvalue weighted by atomic mass is 9.70. The zero-order valence-corrected chi connectivity index (χ0v) is 28.7. The number of hydrogen-bond donors (Lipinski definition) is 0. The van der Waals surface area contributed by atoms with Gasteiger partial charge in [0, 0.05) is 23.4 Å². The van der Waals surface area contributed by atoms with E-state index in [2.05, 4.69) is 105 Å². The van der Waals surface area contributed by atoms with Crippen molar-refractivity contribution in [1.29, 1.82) is 0 Å². The molecule has 2 aliphatic carbocycles. The Morgan fingerprint density at radius 3 is 1.89 bits per heavy atom. The van der Waals surface area contributed by atoms with Gasteiger partial charge in [0.25, 0.3) is 0 Å². The molecule has 5 aromatic rings. The maximum Gasteiger partial charge on any atom is 0.0886 e. The third-order valence-electron chi connectivity index (χ3n) is 11.0. The molecular weight excluding hydrogens is 569 g/mol. The highest BCUT2D eigenvalue weighted by molar-refractivity contribution is 5.84. The van der Waals surface area contributed by atoms with Crippen molar-refractivity contribution in [1.82, 2.24) is 9.97 Å². The molecule has 0 amide bonds. The van der Waals surface area contributed by atoms with Crippen LogP contribution in [0.25, 0.3) is 33.6 Å². The molecular formula is C45H50N2. The summed E-state index contributed by atoms with van der Waals surface area (Å²) in [5, 5.41) is 0. The van der Waals surface area contributed by atoms with Crippen molar-refractivity contribution >= 4 is 0 Å². The van der Waals surface area contributed by atoms with Gasteiger partial charge in [-0.3, -0.25) is 9.97 Å². The molecule has 1 atom stereocenters. The Balaban J connectivity index is 1.14. The Kier molecular flexibility index (Phi) is 9.39. The van der Waals surface area contributed by atoms with E-state index in [9.17, 15) is 0 Å². The predicted octanol–water partition coefficient (Wildman–Crippen LogP) is 12.0. The molecule has 2 aliphatic rings. The first-order valence-electron chi connectivity index (χ1n) is 18.3. The van der Waals surface area contributed by atoms with Crippen molar-refractivity contribution in [3.05, 3.63) is 130 Å². The molecule has 2 nitrogen and oxygen atoms in total. The quantitative estimate of drug-likeness (QED) is 0.116. The molecule has 2 heterocycles. The largest absolute Gasteiger partial charge is 0.254 e. The highest BCUT2D eigenvalue weighted by Gasteiger charge is 2.42. The summed E-state index contributed by atoms with van der Waals surface area (Å²) < 4.78 is 0. The third kappa shape index (κ3) is 6.57. The smallest absolute Gasteiger partial charge is 0.0886 e. The number of rotatable bonds is 14. The van der Waals surface area contributed by atoms with Gasteiger partial charge in [-0.15, -0.1) is 0 Å². The number of hydrogen-bond acceptors (Lipinski definition) is 2. The Hall–Kier alpha value is -4.04. The molecule has 0 fully saturated rings. The Morgan fingerprint density at radius 1 is 0.553 bits per heavy atom. The fraction of sp³-hybridized carbons (Fsp3) is 0.378. The first-order chi connectivity index (χ1) is 23.0. The van der Waals surface area contributed by atoms with Gasteiger partial charge in [-0.2, -0.15) is 0 Å². The summed E-state index contributed by atoms with van der Waals surface area (Å²) in [7, 11) is 0. The summed E-state index contributed by atoms with van der Waals surface area (Å²) >= 11 is 0. The molecule has 0 spiro atoms. The number of unbranched alkanes of at least 4 members (excludes halogenated alkanes) is 6. The van der Waals surface area contributed by atoms with Crippen LogP contribution in [0.5, 0.6) is 0 Å². The van der Waals surface area contributed by atoms with E-state index in [1.165, 1.54) is 117 Å². The first kappa shape index (κ1) is 31.6. The average molecular weight is 619 g/mol. The lowest BCUT2D eigenvalue weighted by molar-refractivity contribution is 0.400. The van der Waals surface area contributed by atoms with Crippen molar-refractivity contribution in [2.24, 2.45) is 0 Å². The van der Waals surface area contributed by atoms with Gasteiger partial charge < -0.3 is 0 Å². The number of aryl methyl sites for hydroxylation is 5. The number of pyridine rings is 2. The topological polar surface area (TPSA) is 25.8 Å². The molecule has 7 rings (SSSR count). The maximum absolute atomic E-state index is 4.86. The minimum absolute atomic E-state index is 0.0708. The fourth-order valence-electron chi connectivity index (χ4n) is 8.15. The standard InChI is InChI=1S/C45H50N2/c1-4-5-6-10-25-45(26-11-8-7-9-12-34-15-16-35-17-18-36(35)28-34)41-27-32(2)13-21-39(41)40-22-19-37(29-42(40)45)38-20-24-44(47-31-38)43-23-14-33(3)30-46-43/h13-16,19-24,27-31H,4-12,17-18,25-26H2,1-3H3. The van der Waals surface area contributed by atoms with E-state index in [1.807, 2.05) is 12.4 Å². The summed E-state index contributed by atoms with van der Waals surface area (Å²) in [6, 6.07) is 30.2. The van der Waals surface area contributed by atoms with Crippen molar-refractivity contribution in [2.75, 3.05) is 0 Å². The van der Waals surface area contributed by atoms with Gasteiger partial charge in [-0.05, 0) is 121 Å². The van der Waals surface area contributed by atoms with Crippen molar-refractivity contribution in [3.8, 4) is 33.6 Å². The van der Waals surface area contributed by atoms with Crippen LogP contribution in [-0.4, -0.2) is 9.97 Å². The summed E-state index contributed by atoms with van der Waals surface area (Å²) in [5.41, 5.74) is 17.6. The minimum Gasteiger partial charge on any atom is -0.254 e. The van der Waals surface area contributed by atoms with E-state index in [-0.39, 0.29) is 5.41 Å². The zero-order chi connectivity index (χ0) is 32.2. The minimum atomic E-state index is 0.0708. The monoisotopic (exact) mass is 618 g/mol. The number of benzene rings is 3. The van der Waals surface area contributed by atoms with E-state index in [0.29, 0.717) is 0 Å². The molecule has 0 saturated heterocycles. The van der Waals surface area contributed by atoms with Crippen molar-refractivity contribution in [3.63, 3.8) is 0 Å². The highest BCUT2D eigenvalue weighted by Crippen LogP contribution is 2.55. The van der Waals surface area contributed by atoms with Crippen LogP contribution in [0.2, 0.25) is 0 Å². The van der Waals surface area contributed by atoms with Gasteiger partial charge in [0.2, 0.25) is 0 Å². The molecule has 240 valence electrons. The van der Waals surface area contributed by atoms with Crippen LogP contribution in [0, 0.1) is 13.8 Å². The van der Waals surface area contributed by atoms with E-state index < -0.39 is 0 Å². The van der Waals surface area contributed by atoms with Crippen LogP contribution in [0.15, 0.2) is 91.3 Å². The molecule has 0 bridgehead atoms. The summed E-state index contributed by atoms with van der Waals surface area (Å²) in [6.07, 6.45) is 20.5. The van der Waals surface area contributed by atoms with Crippen LogP contribution in [0.1, 0.15) is 110 Å². The molecule has 47 heavy (non-hydrogen) atoms. The molecule has 0 radical (unpaired) electrons. The van der Waals surface area contributed by atoms with Crippen molar-refractivity contribution in [2.45, 2.75) is 110 Å². The second-order valence-electron chi connectivity index (χ2n) is 14.4. The van der Waals surface area contributed by atoms with Gasteiger partial charge in [-0.1, -0.05) is 118 Å².